The van der Waals surface area contributed by atoms with Crippen LogP contribution in [-0.4, -0.2) is 14.8 Å². The van der Waals surface area contributed by atoms with Crippen molar-refractivity contribution in [3.63, 3.8) is 0 Å². The van der Waals surface area contributed by atoms with Crippen molar-refractivity contribution in [1.29, 1.82) is 0 Å². The van der Waals surface area contributed by atoms with Crippen molar-refractivity contribution in [2.75, 3.05) is 0 Å². The SMILES string of the molecule is Cc1ccsc1-n1cn[nH]c1=S. The van der Waals surface area contributed by atoms with Crippen LogP contribution in [0.5, 0.6) is 0 Å². The fraction of sp³-hybridized carbons (Fsp3) is 0.143. The number of aryl methyl sites for hydroxylation is 1. The Morgan fingerprint density at radius 1 is 1.67 bits per heavy atom. The van der Waals surface area contributed by atoms with E-state index in [0.29, 0.717) is 4.77 Å². The van der Waals surface area contributed by atoms with Gasteiger partial charge in [0.1, 0.15) is 11.3 Å². The third kappa shape index (κ3) is 1.11. The number of hydrogen-bond acceptors (Lipinski definition) is 3. The van der Waals surface area contributed by atoms with Gasteiger partial charge in [0, 0.05) is 0 Å². The molecule has 0 saturated carbocycles. The molecule has 0 aliphatic heterocycles. The van der Waals surface area contributed by atoms with Crippen LogP contribution in [0.3, 0.4) is 0 Å². The standard InChI is InChI=1S/C7H7N3S2/c1-5-2-3-12-6(5)10-4-8-9-7(10)11/h2-4H,1H3,(H,9,11). The Morgan fingerprint density at radius 2 is 2.50 bits per heavy atom. The fourth-order valence-electron chi connectivity index (χ4n) is 1.00. The Hall–Kier alpha value is -0.940. The first-order valence-electron chi connectivity index (χ1n) is 3.45. The minimum Gasteiger partial charge on any atom is -0.265 e. The predicted molar refractivity (Wildman–Crippen MR) is 51.4 cm³/mol. The van der Waals surface area contributed by atoms with Crippen LogP contribution in [0.4, 0.5) is 0 Å². The van der Waals surface area contributed by atoms with Gasteiger partial charge in [0.2, 0.25) is 0 Å². The smallest absolute Gasteiger partial charge is 0.200 e. The quantitative estimate of drug-likeness (QED) is 0.712. The zero-order valence-electron chi connectivity index (χ0n) is 6.44. The third-order valence-electron chi connectivity index (χ3n) is 1.61. The van der Waals surface area contributed by atoms with Gasteiger partial charge in [-0.3, -0.25) is 9.67 Å². The summed E-state index contributed by atoms with van der Waals surface area (Å²) in [5, 5.41) is 9.75. The van der Waals surface area contributed by atoms with Gasteiger partial charge in [-0.25, -0.2) is 0 Å². The molecule has 1 N–H and O–H groups in total. The minimum absolute atomic E-state index is 0.639. The number of nitrogens with zero attached hydrogens (tertiary/aromatic N) is 2. The van der Waals surface area contributed by atoms with Crippen molar-refractivity contribution in [3.05, 3.63) is 28.1 Å². The second-order valence-corrected chi connectivity index (χ2v) is 3.72. The molecule has 0 unspecified atom stereocenters. The normalized spacial score (nSPS) is 10.4. The topological polar surface area (TPSA) is 33.6 Å². The number of H-pyrrole nitrogens is 1. The van der Waals surface area contributed by atoms with Crippen LogP contribution >= 0.6 is 23.6 Å². The molecule has 0 fully saturated rings. The lowest BCUT2D eigenvalue weighted by Gasteiger charge is -1.96. The molecule has 2 rings (SSSR count). The van der Waals surface area contributed by atoms with E-state index < -0.39 is 0 Å². The second-order valence-electron chi connectivity index (χ2n) is 2.44. The number of rotatable bonds is 1. The van der Waals surface area contributed by atoms with Crippen LogP contribution in [0.15, 0.2) is 17.8 Å². The molecule has 0 amide bonds. The highest BCUT2D eigenvalue weighted by molar-refractivity contribution is 7.71. The first-order chi connectivity index (χ1) is 5.79. The zero-order valence-corrected chi connectivity index (χ0v) is 8.08. The first kappa shape index (κ1) is 7.70. The molecule has 0 aromatic carbocycles. The van der Waals surface area contributed by atoms with E-state index >= 15 is 0 Å². The molecular formula is C7H7N3S2. The maximum absolute atomic E-state index is 5.04. The molecule has 62 valence electrons. The molecule has 12 heavy (non-hydrogen) atoms. The molecule has 2 heterocycles. The van der Waals surface area contributed by atoms with Gasteiger partial charge in [-0.1, -0.05) is 0 Å². The summed E-state index contributed by atoms with van der Waals surface area (Å²) in [6.07, 6.45) is 1.70. The molecule has 0 atom stereocenters. The summed E-state index contributed by atoms with van der Waals surface area (Å²) in [6.45, 7) is 2.06. The van der Waals surface area contributed by atoms with E-state index in [1.807, 2.05) is 9.95 Å². The van der Waals surface area contributed by atoms with E-state index in [-0.39, 0.29) is 0 Å². The average molecular weight is 197 g/mol. The molecular weight excluding hydrogens is 190 g/mol. The summed E-state index contributed by atoms with van der Waals surface area (Å²) < 4.78 is 2.51. The lowest BCUT2D eigenvalue weighted by atomic mass is 10.4. The van der Waals surface area contributed by atoms with Crippen LogP contribution in [0.25, 0.3) is 5.00 Å². The van der Waals surface area contributed by atoms with Crippen LogP contribution in [0.1, 0.15) is 5.56 Å². The second kappa shape index (κ2) is 2.84. The molecule has 0 spiro atoms. The summed E-state index contributed by atoms with van der Waals surface area (Å²) in [6, 6.07) is 2.06. The van der Waals surface area contributed by atoms with Crippen molar-refractivity contribution in [2.24, 2.45) is 0 Å². The monoisotopic (exact) mass is 197 g/mol. The van der Waals surface area contributed by atoms with Gasteiger partial charge in [-0.05, 0) is 36.2 Å². The predicted octanol–water partition coefficient (Wildman–Crippen LogP) is 2.30. The van der Waals surface area contributed by atoms with E-state index in [1.165, 1.54) is 5.56 Å². The van der Waals surface area contributed by atoms with Gasteiger partial charge in [0.15, 0.2) is 4.77 Å². The maximum atomic E-state index is 5.04. The van der Waals surface area contributed by atoms with Gasteiger partial charge < -0.3 is 0 Å². The van der Waals surface area contributed by atoms with E-state index in [4.69, 9.17) is 12.2 Å². The van der Waals surface area contributed by atoms with Crippen LogP contribution in [0.2, 0.25) is 0 Å². The van der Waals surface area contributed by atoms with E-state index in [2.05, 4.69) is 23.2 Å². The molecule has 0 radical (unpaired) electrons. The van der Waals surface area contributed by atoms with Crippen LogP contribution in [-0.2, 0) is 0 Å². The lowest BCUT2D eigenvalue weighted by Crippen LogP contribution is -1.89. The molecule has 0 saturated heterocycles. The van der Waals surface area contributed by atoms with Crippen molar-refractivity contribution in [2.45, 2.75) is 6.92 Å². The molecule has 2 aromatic rings. The lowest BCUT2D eigenvalue weighted by molar-refractivity contribution is 1.04. The van der Waals surface area contributed by atoms with Gasteiger partial charge in [-0.2, -0.15) is 5.10 Å². The Labute approximate surface area is 78.7 Å². The van der Waals surface area contributed by atoms with E-state index in [1.54, 1.807) is 17.7 Å². The number of nitrogens with one attached hydrogen (secondary N) is 1. The summed E-state index contributed by atoms with van der Waals surface area (Å²) in [4.78, 5) is 0. The highest BCUT2D eigenvalue weighted by Crippen LogP contribution is 2.20. The zero-order chi connectivity index (χ0) is 8.55. The van der Waals surface area contributed by atoms with E-state index in [9.17, 15) is 0 Å². The Bertz CT molecular complexity index is 437. The van der Waals surface area contributed by atoms with Crippen molar-refractivity contribution in [3.8, 4) is 5.00 Å². The van der Waals surface area contributed by atoms with Gasteiger partial charge in [-0.15, -0.1) is 11.3 Å². The van der Waals surface area contributed by atoms with Gasteiger partial charge in [0.05, 0.1) is 0 Å². The summed E-state index contributed by atoms with van der Waals surface area (Å²) in [5.41, 5.74) is 1.22. The van der Waals surface area contributed by atoms with Crippen molar-refractivity contribution in [1.82, 2.24) is 14.8 Å². The van der Waals surface area contributed by atoms with Crippen molar-refractivity contribution < 1.29 is 0 Å². The summed E-state index contributed by atoms with van der Waals surface area (Å²) in [7, 11) is 0. The van der Waals surface area contributed by atoms with Gasteiger partial charge >= 0.3 is 0 Å². The molecule has 0 aliphatic rings. The molecule has 0 bridgehead atoms. The largest absolute Gasteiger partial charge is 0.265 e. The van der Waals surface area contributed by atoms with Gasteiger partial charge in [0.25, 0.3) is 0 Å². The highest BCUT2D eigenvalue weighted by atomic mass is 32.1. The number of aromatic amines is 1. The number of hydrogen-bond donors (Lipinski definition) is 1. The summed E-state index contributed by atoms with van der Waals surface area (Å²) >= 11 is 6.70. The molecule has 2 aromatic heterocycles. The summed E-state index contributed by atoms with van der Waals surface area (Å²) in [5.74, 6) is 0. The first-order valence-corrected chi connectivity index (χ1v) is 4.74. The average Bonchev–Trinajstić information content (AvgIpc) is 2.59. The highest BCUT2D eigenvalue weighted by Gasteiger charge is 2.02. The van der Waals surface area contributed by atoms with Crippen LogP contribution in [0, 0.1) is 11.7 Å². The Morgan fingerprint density at radius 3 is 3.00 bits per heavy atom. The maximum Gasteiger partial charge on any atom is 0.200 e. The number of aromatic nitrogens is 3. The molecule has 3 nitrogen and oxygen atoms in total. The Balaban J connectivity index is 2.65. The molecule has 5 heteroatoms. The van der Waals surface area contributed by atoms with Crippen molar-refractivity contribution >= 4 is 23.6 Å². The fourth-order valence-corrected chi connectivity index (χ4v) is 2.16. The van der Waals surface area contributed by atoms with Crippen LogP contribution < -0.4 is 0 Å². The Kier molecular flexibility index (Phi) is 1.82. The minimum atomic E-state index is 0.639. The third-order valence-corrected chi connectivity index (χ3v) is 2.91. The molecule has 0 aliphatic carbocycles. The van der Waals surface area contributed by atoms with E-state index in [0.717, 1.165) is 5.00 Å². The number of thiophene rings is 1.